The van der Waals surface area contributed by atoms with E-state index in [1.807, 2.05) is 0 Å². The molecule has 0 aromatic heterocycles. The number of nitrogens with two attached hydrogens (primary N) is 1. The zero-order valence-corrected chi connectivity index (χ0v) is 11.9. The Kier molecular flexibility index (Phi) is 4.61. The number of sulfone groups is 1. The fourth-order valence-electron chi connectivity index (χ4n) is 1.97. The minimum atomic E-state index is -2.97. The minimum Gasteiger partial charge on any atom is -0.444 e. The molecule has 1 fully saturated rings. The van der Waals surface area contributed by atoms with Gasteiger partial charge in [0.2, 0.25) is 0 Å². The van der Waals surface area contributed by atoms with Gasteiger partial charge in [-0.05, 0) is 33.1 Å². The fraction of sp³-hybridized carbons (Fsp3) is 0.909. The van der Waals surface area contributed by atoms with E-state index in [1.165, 1.54) is 0 Å². The van der Waals surface area contributed by atoms with Crippen molar-refractivity contribution >= 4 is 15.9 Å². The molecule has 1 rings (SSSR count). The molecule has 7 heteroatoms. The lowest BCUT2D eigenvalue weighted by molar-refractivity contribution is 0.0491. The molecule has 2 unspecified atom stereocenters. The second kappa shape index (κ2) is 5.44. The number of amides is 1. The summed E-state index contributed by atoms with van der Waals surface area (Å²) in [5.74, 6) is 0.141. The molecule has 0 saturated carbocycles. The molecule has 1 saturated heterocycles. The van der Waals surface area contributed by atoms with E-state index in [4.69, 9.17) is 10.5 Å². The van der Waals surface area contributed by atoms with Crippen LogP contribution in [0.3, 0.4) is 0 Å². The first kappa shape index (κ1) is 15.2. The van der Waals surface area contributed by atoms with Crippen LogP contribution in [0.1, 0.15) is 27.2 Å². The maximum atomic E-state index is 11.6. The Morgan fingerprint density at radius 2 is 2.11 bits per heavy atom. The molecule has 3 N–H and O–H groups in total. The first-order chi connectivity index (χ1) is 8.13. The molecule has 6 nitrogen and oxygen atoms in total. The highest BCUT2D eigenvalue weighted by Gasteiger charge is 2.34. The SMILES string of the molecule is CC(C)(C)OC(=O)NC(CN)C1CCS(=O)(=O)C1. The van der Waals surface area contributed by atoms with E-state index in [0.29, 0.717) is 6.42 Å². The monoisotopic (exact) mass is 278 g/mol. The minimum absolute atomic E-state index is 0.0880. The number of alkyl carbamates (subject to hydrolysis) is 1. The first-order valence-corrected chi connectivity index (χ1v) is 7.85. The summed E-state index contributed by atoms with van der Waals surface area (Å²) in [6.07, 6.45) is -0.0118. The van der Waals surface area contributed by atoms with Crippen LogP contribution in [-0.4, -0.2) is 44.2 Å². The third-order valence-corrected chi connectivity index (χ3v) is 4.59. The topological polar surface area (TPSA) is 98.5 Å². The highest BCUT2D eigenvalue weighted by Crippen LogP contribution is 2.21. The first-order valence-electron chi connectivity index (χ1n) is 6.03. The maximum Gasteiger partial charge on any atom is 0.407 e. The molecule has 1 aliphatic rings. The molecule has 0 aliphatic carbocycles. The van der Waals surface area contributed by atoms with Crippen molar-refractivity contribution in [3.8, 4) is 0 Å². The zero-order chi connectivity index (χ0) is 14.0. The lowest BCUT2D eigenvalue weighted by Crippen LogP contribution is -2.47. The van der Waals surface area contributed by atoms with Gasteiger partial charge in [0.05, 0.1) is 11.5 Å². The third-order valence-electron chi connectivity index (χ3n) is 2.79. The Hall–Kier alpha value is -0.820. The van der Waals surface area contributed by atoms with Crippen LogP contribution in [0.5, 0.6) is 0 Å². The summed E-state index contributed by atoms with van der Waals surface area (Å²) in [6, 6.07) is -0.350. The summed E-state index contributed by atoms with van der Waals surface area (Å²) in [6.45, 7) is 5.51. The van der Waals surface area contributed by atoms with Crippen molar-refractivity contribution in [3.05, 3.63) is 0 Å². The number of hydrogen-bond donors (Lipinski definition) is 2. The Bertz CT molecular complexity index is 400. The van der Waals surface area contributed by atoms with Crippen LogP contribution in [-0.2, 0) is 14.6 Å². The molecule has 1 heterocycles. The summed E-state index contributed by atoms with van der Waals surface area (Å²) in [4.78, 5) is 11.6. The van der Waals surface area contributed by atoms with Crippen LogP contribution in [0.25, 0.3) is 0 Å². The number of hydrogen-bond acceptors (Lipinski definition) is 5. The van der Waals surface area contributed by atoms with Crippen molar-refractivity contribution in [1.82, 2.24) is 5.32 Å². The Labute approximate surface area is 108 Å². The molecule has 0 bridgehead atoms. The van der Waals surface area contributed by atoms with Gasteiger partial charge in [-0.15, -0.1) is 0 Å². The van der Waals surface area contributed by atoms with Gasteiger partial charge >= 0.3 is 6.09 Å². The van der Waals surface area contributed by atoms with Crippen LogP contribution in [0.4, 0.5) is 4.79 Å². The Balaban J connectivity index is 2.55. The molecular formula is C11H22N2O4S. The number of carbonyl (C=O) groups excluding carboxylic acids is 1. The predicted molar refractivity (Wildman–Crippen MR) is 69.0 cm³/mol. The molecule has 18 heavy (non-hydrogen) atoms. The molecule has 1 aliphatic heterocycles. The predicted octanol–water partition coefficient (Wildman–Crippen LogP) is 0.273. The number of ether oxygens (including phenoxy) is 1. The van der Waals surface area contributed by atoms with E-state index in [1.54, 1.807) is 20.8 Å². The molecule has 0 aromatic carbocycles. The highest BCUT2D eigenvalue weighted by atomic mass is 32.2. The van der Waals surface area contributed by atoms with Gasteiger partial charge in [0.15, 0.2) is 9.84 Å². The van der Waals surface area contributed by atoms with Crippen molar-refractivity contribution in [2.75, 3.05) is 18.1 Å². The molecule has 2 atom stereocenters. The summed E-state index contributed by atoms with van der Waals surface area (Å²) in [7, 11) is -2.97. The van der Waals surface area contributed by atoms with Crippen LogP contribution in [0.15, 0.2) is 0 Å². The standard InChI is InChI=1S/C11H22N2O4S/c1-11(2,3)17-10(14)13-9(6-12)8-4-5-18(15,16)7-8/h8-9H,4-7,12H2,1-3H3,(H,13,14). The summed E-state index contributed by atoms with van der Waals surface area (Å²) in [5.41, 5.74) is 5.01. The largest absolute Gasteiger partial charge is 0.444 e. The third kappa shape index (κ3) is 4.81. The van der Waals surface area contributed by atoms with E-state index in [2.05, 4.69) is 5.32 Å². The molecule has 106 valence electrons. The Morgan fingerprint density at radius 1 is 1.50 bits per heavy atom. The van der Waals surface area contributed by atoms with Gasteiger partial charge in [0.1, 0.15) is 5.60 Å². The summed E-state index contributed by atoms with van der Waals surface area (Å²) in [5, 5.41) is 2.65. The molecule has 0 aromatic rings. The number of rotatable bonds is 3. The van der Waals surface area contributed by atoms with Gasteiger partial charge in [-0.25, -0.2) is 13.2 Å². The molecule has 0 radical (unpaired) electrons. The van der Waals surface area contributed by atoms with Crippen molar-refractivity contribution < 1.29 is 17.9 Å². The van der Waals surface area contributed by atoms with Crippen LogP contribution in [0, 0.1) is 5.92 Å². The highest BCUT2D eigenvalue weighted by molar-refractivity contribution is 7.91. The second-order valence-corrected chi connectivity index (χ2v) is 7.88. The van der Waals surface area contributed by atoms with E-state index in [0.717, 1.165) is 0 Å². The number of carbonyl (C=O) groups is 1. The smallest absolute Gasteiger partial charge is 0.407 e. The average Bonchev–Trinajstić information content (AvgIpc) is 2.52. The van der Waals surface area contributed by atoms with Crippen molar-refractivity contribution in [1.29, 1.82) is 0 Å². The average molecular weight is 278 g/mol. The van der Waals surface area contributed by atoms with E-state index in [9.17, 15) is 13.2 Å². The lowest BCUT2D eigenvalue weighted by Gasteiger charge is -2.25. The van der Waals surface area contributed by atoms with E-state index < -0.39 is 21.5 Å². The second-order valence-electron chi connectivity index (χ2n) is 5.65. The zero-order valence-electron chi connectivity index (χ0n) is 11.1. The summed E-state index contributed by atoms with van der Waals surface area (Å²) >= 11 is 0. The van der Waals surface area contributed by atoms with Gasteiger partial charge in [-0.3, -0.25) is 0 Å². The van der Waals surface area contributed by atoms with Gasteiger partial charge in [-0.2, -0.15) is 0 Å². The van der Waals surface area contributed by atoms with E-state index in [-0.39, 0.29) is 30.0 Å². The van der Waals surface area contributed by atoms with Crippen LogP contribution < -0.4 is 11.1 Å². The van der Waals surface area contributed by atoms with Gasteiger partial charge < -0.3 is 15.8 Å². The van der Waals surface area contributed by atoms with Crippen molar-refractivity contribution in [2.24, 2.45) is 11.7 Å². The fourth-order valence-corrected chi connectivity index (χ4v) is 3.85. The van der Waals surface area contributed by atoms with Crippen LogP contribution in [0.2, 0.25) is 0 Å². The van der Waals surface area contributed by atoms with Gasteiger partial charge in [0.25, 0.3) is 0 Å². The molecule has 0 spiro atoms. The quantitative estimate of drug-likeness (QED) is 0.772. The maximum absolute atomic E-state index is 11.6. The Morgan fingerprint density at radius 3 is 2.50 bits per heavy atom. The normalized spacial score (nSPS) is 24.6. The lowest BCUT2D eigenvalue weighted by atomic mass is 9.99. The summed E-state index contributed by atoms with van der Waals surface area (Å²) < 4.78 is 27.9. The van der Waals surface area contributed by atoms with E-state index >= 15 is 0 Å². The van der Waals surface area contributed by atoms with Crippen molar-refractivity contribution in [2.45, 2.75) is 38.8 Å². The van der Waals surface area contributed by atoms with Crippen molar-refractivity contribution in [3.63, 3.8) is 0 Å². The van der Waals surface area contributed by atoms with Crippen LogP contribution >= 0.6 is 0 Å². The molecular weight excluding hydrogens is 256 g/mol. The molecule has 1 amide bonds. The number of nitrogens with one attached hydrogen (secondary N) is 1. The van der Waals surface area contributed by atoms with Gasteiger partial charge in [0, 0.05) is 12.6 Å². The van der Waals surface area contributed by atoms with Gasteiger partial charge in [-0.1, -0.05) is 0 Å².